The van der Waals surface area contributed by atoms with Crippen molar-refractivity contribution in [1.29, 1.82) is 0 Å². The summed E-state index contributed by atoms with van der Waals surface area (Å²) < 4.78 is 12.0. The fourth-order valence-electron chi connectivity index (χ4n) is 5.99. The van der Waals surface area contributed by atoms with E-state index in [4.69, 9.17) is 9.47 Å². The SMILES string of the molecule is C=CCOc1c(Br)cc([C@H]2[C@H]([N+](=O)[O-])[C@]3(C(=O)Nc4ccccc43)N3CCC[C@@H]23)cc1OC. The van der Waals surface area contributed by atoms with Gasteiger partial charge in [-0.25, -0.2) is 0 Å². The quantitative estimate of drug-likeness (QED) is 0.355. The maximum absolute atomic E-state index is 13.5. The highest BCUT2D eigenvalue weighted by atomic mass is 79.9. The number of anilines is 1. The predicted molar refractivity (Wildman–Crippen MR) is 126 cm³/mol. The Morgan fingerprint density at radius 3 is 2.91 bits per heavy atom. The van der Waals surface area contributed by atoms with Gasteiger partial charge in [-0.1, -0.05) is 30.9 Å². The van der Waals surface area contributed by atoms with E-state index in [0.29, 0.717) is 40.4 Å². The van der Waals surface area contributed by atoms with Crippen LogP contribution in [0.5, 0.6) is 11.5 Å². The standard InChI is InChI=1S/C24H24BrN3O5/c1-3-11-33-21-16(25)12-14(13-19(21)32-2)20-18-9-6-10-27(18)24(22(20)28(30)31)15-7-4-5-8-17(15)26-23(24)29/h3-5,7-8,12-13,18,20,22H,1,6,9-11H2,2H3,(H,26,29)/t18-,20+,22-,24+/m0/s1. The minimum Gasteiger partial charge on any atom is -0.493 e. The summed E-state index contributed by atoms with van der Waals surface area (Å²) in [6.45, 7) is 4.60. The molecule has 2 aromatic rings. The first-order valence-corrected chi connectivity index (χ1v) is 11.7. The van der Waals surface area contributed by atoms with E-state index in [0.717, 1.165) is 18.4 Å². The molecule has 0 radical (unpaired) electrons. The van der Waals surface area contributed by atoms with Gasteiger partial charge in [0.1, 0.15) is 6.61 Å². The molecule has 4 atom stereocenters. The van der Waals surface area contributed by atoms with Gasteiger partial charge in [0, 0.05) is 28.8 Å². The molecule has 1 N–H and O–H groups in total. The smallest absolute Gasteiger partial charge is 0.256 e. The first-order chi connectivity index (χ1) is 15.9. The number of carbonyl (C=O) groups is 1. The van der Waals surface area contributed by atoms with E-state index in [-0.39, 0.29) is 16.9 Å². The van der Waals surface area contributed by atoms with Crippen molar-refractivity contribution in [2.45, 2.75) is 36.4 Å². The third-order valence-electron chi connectivity index (χ3n) is 7.08. The summed E-state index contributed by atoms with van der Waals surface area (Å²) >= 11 is 3.56. The van der Waals surface area contributed by atoms with Crippen LogP contribution in [0, 0.1) is 10.1 Å². The minimum absolute atomic E-state index is 0.145. The van der Waals surface area contributed by atoms with E-state index >= 15 is 0 Å². The van der Waals surface area contributed by atoms with E-state index in [2.05, 4.69) is 32.7 Å². The van der Waals surface area contributed by atoms with E-state index < -0.39 is 17.5 Å². The van der Waals surface area contributed by atoms with E-state index in [1.165, 1.54) is 7.11 Å². The first kappa shape index (κ1) is 21.9. The molecule has 0 aliphatic carbocycles. The Hall–Kier alpha value is -2.91. The Labute approximate surface area is 199 Å². The van der Waals surface area contributed by atoms with Crippen LogP contribution in [0.4, 0.5) is 5.69 Å². The molecule has 0 bridgehead atoms. The second kappa shape index (κ2) is 8.14. The van der Waals surface area contributed by atoms with Gasteiger partial charge in [0.25, 0.3) is 11.9 Å². The average molecular weight is 514 g/mol. The zero-order chi connectivity index (χ0) is 23.3. The number of para-hydroxylation sites is 1. The molecule has 33 heavy (non-hydrogen) atoms. The zero-order valence-corrected chi connectivity index (χ0v) is 19.7. The van der Waals surface area contributed by atoms with E-state index in [9.17, 15) is 14.9 Å². The van der Waals surface area contributed by atoms with Crippen LogP contribution in [0.1, 0.15) is 29.9 Å². The maximum Gasteiger partial charge on any atom is 0.256 e. The monoisotopic (exact) mass is 513 g/mol. The Kier molecular flexibility index (Phi) is 5.41. The molecular formula is C24H24BrN3O5. The van der Waals surface area contributed by atoms with Crippen LogP contribution in [-0.2, 0) is 10.3 Å². The van der Waals surface area contributed by atoms with Gasteiger partial charge in [-0.2, -0.15) is 0 Å². The van der Waals surface area contributed by atoms with Crippen LogP contribution in [0.25, 0.3) is 0 Å². The average Bonchev–Trinajstić information content (AvgIpc) is 3.45. The first-order valence-electron chi connectivity index (χ1n) is 10.9. The van der Waals surface area contributed by atoms with Crippen LogP contribution in [0.2, 0.25) is 0 Å². The van der Waals surface area contributed by atoms with Crippen molar-refractivity contribution in [2.75, 3.05) is 25.6 Å². The molecule has 3 aliphatic rings. The largest absolute Gasteiger partial charge is 0.493 e. The summed E-state index contributed by atoms with van der Waals surface area (Å²) in [4.78, 5) is 28.0. The van der Waals surface area contributed by atoms with Crippen molar-refractivity contribution >= 4 is 27.5 Å². The van der Waals surface area contributed by atoms with Crippen LogP contribution in [0.15, 0.2) is 53.5 Å². The highest BCUT2D eigenvalue weighted by Crippen LogP contribution is 2.58. The van der Waals surface area contributed by atoms with Gasteiger partial charge in [0.15, 0.2) is 17.0 Å². The van der Waals surface area contributed by atoms with Gasteiger partial charge in [-0.15, -0.1) is 0 Å². The summed E-state index contributed by atoms with van der Waals surface area (Å²) in [5.41, 5.74) is 0.733. The van der Waals surface area contributed by atoms with Crippen molar-refractivity contribution < 1.29 is 19.2 Å². The van der Waals surface area contributed by atoms with Crippen molar-refractivity contribution in [3.8, 4) is 11.5 Å². The lowest BCUT2D eigenvalue weighted by molar-refractivity contribution is -0.534. The third kappa shape index (κ3) is 3.02. The number of halogens is 1. The van der Waals surface area contributed by atoms with Gasteiger partial charge in [-0.3, -0.25) is 19.8 Å². The lowest BCUT2D eigenvalue weighted by atomic mass is 9.77. The molecule has 9 heteroatoms. The molecule has 3 aliphatic heterocycles. The van der Waals surface area contributed by atoms with Crippen molar-refractivity contribution in [3.05, 3.63) is 74.8 Å². The summed E-state index contributed by atoms with van der Waals surface area (Å²) in [5, 5.41) is 15.6. The predicted octanol–water partition coefficient (Wildman–Crippen LogP) is 4.08. The number of rotatable bonds is 6. The summed E-state index contributed by atoms with van der Waals surface area (Å²) in [6.07, 6.45) is 3.29. The van der Waals surface area contributed by atoms with Crippen molar-refractivity contribution in [2.24, 2.45) is 0 Å². The van der Waals surface area contributed by atoms with Gasteiger partial charge in [0.05, 0.1) is 17.5 Å². The van der Waals surface area contributed by atoms with Crippen LogP contribution in [0.3, 0.4) is 0 Å². The molecule has 0 aromatic heterocycles. The molecule has 1 spiro atoms. The number of nitrogens with zero attached hydrogens (tertiary/aromatic N) is 2. The van der Waals surface area contributed by atoms with Crippen molar-refractivity contribution in [1.82, 2.24) is 4.90 Å². The molecule has 0 unspecified atom stereocenters. The van der Waals surface area contributed by atoms with E-state index in [1.54, 1.807) is 12.1 Å². The Morgan fingerprint density at radius 2 is 2.18 bits per heavy atom. The molecule has 2 fully saturated rings. The number of hydrogen-bond acceptors (Lipinski definition) is 6. The molecule has 8 nitrogen and oxygen atoms in total. The summed E-state index contributed by atoms with van der Waals surface area (Å²) in [6, 6.07) is 9.68. The molecule has 2 saturated heterocycles. The number of hydrogen-bond donors (Lipinski definition) is 1. The van der Waals surface area contributed by atoms with Gasteiger partial charge in [0.2, 0.25) is 0 Å². The zero-order valence-electron chi connectivity index (χ0n) is 18.1. The van der Waals surface area contributed by atoms with Gasteiger partial charge in [-0.05, 0) is 52.5 Å². The lowest BCUT2D eigenvalue weighted by Crippen LogP contribution is -2.55. The normalized spacial score (nSPS) is 27.8. The second-order valence-corrected chi connectivity index (χ2v) is 9.41. The molecular weight excluding hydrogens is 490 g/mol. The Morgan fingerprint density at radius 1 is 1.39 bits per heavy atom. The Bertz CT molecular complexity index is 1150. The number of methoxy groups -OCH3 is 1. The third-order valence-corrected chi connectivity index (χ3v) is 7.67. The molecule has 0 saturated carbocycles. The number of amides is 1. The number of benzene rings is 2. The fourth-order valence-corrected chi connectivity index (χ4v) is 6.56. The second-order valence-electron chi connectivity index (χ2n) is 8.56. The number of carbonyl (C=O) groups excluding carboxylic acids is 1. The van der Waals surface area contributed by atoms with E-state index in [1.807, 2.05) is 30.3 Å². The molecule has 3 heterocycles. The Balaban J connectivity index is 1.70. The highest BCUT2D eigenvalue weighted by Gasteiger charge is 2.73. The number of nitrogens with one attached hydrogen (secondary N) is 1. The number of ether oxygens (including phenoxy) is 2. The lowest BCUT2D eigenvalue weighted by Gasteiger charge is -2.32. The summed E-state index contributed by atoms with van der Waals surface area (Å²) in [5.74, 6) is 0.165. The van der Waals surface area contributed by atoms with Gasteiger partial charge >= 0.3 is 0 Å². The molecule has 1 amide bonds. The molecule has 2 aromatic carbocycles. The van der Waals surface area contributed by atoms with Crippen LogP contribution in [-0.4, -0.2) is 48.1 Å². The van der Waals surface area contributed by atoms with Crippen LogP contribution < -0.4 is 14.8 Å². The fraction of sp³-hybridized carbons (Fsp3) is 0.375. The topological polar surface area (TPSA) is 93.9 Å². The summed E-state index contributed by atoms with van der Waals surface area (Å²) in [7, 11) is 1.54. The highest BCUT2D eigenvalue weighted by molar-refractivity contribution is 9.10. The molecule has 172 valence electrons. The minimum atomic E-state index is -1.34. The van der Waals surface area contributed by atoms with Gasteiger partial charge < -0.3 is 14.8 Å². The van der Waals surface area contributed by atoms with Crippen LogP contribution >= 0.6 is 15.9 Å². The maximum atomic E-state index is 13.5. The number of fused-ring (bicyclic) bond motifs is 4. The molecule has 5 rings (SSSR count). The van der Waals surface area contributed by atoms with Crippen molar-refractivity contribution in [3.63, 3.8) is 0 Å². The number of nitro groups is 1.